The third-order valence-corrected chi connectivity index (χ3v) is 3.04. The molecule has 2 atom stereocenters. The molecule has 0 radical (unpaired) electrons. The van der Waals surface area contributed by atoms with Crippen molar-refractivity contribution in [2.75, 3.05) is 6.54 Å². The monoisotopic (exact) mass is 221 g/mol. The van der Waals surface area contributed by atoms with E-state index in [1.165, 1.54) is 4.90 Å². The molecule has 0 saturated carbocycles. The third-order valence-electron chi connectivity index (χ3n) is 3.04. The van der Waals surface area contributed by atoms with E-state index in [4.69, 9.17) is 5.11 Å². The SMILES string of the molecule is O=C(O)N1CC[C@@H](O)[C@@H]1Cc1ccccc1. The highest BCUT2D eigenvalue weighted by Gasteiger charge is 2.35. The quantitative estimate of drug-likeness (QED) is 0.792. The number of aliphatic hydroxyl groups excluding tert-OH is 1. The minimum Gasteiger partial charge on any atom is -0.465 e. The van der Waals surface area contributed by atoms with Gasteiger partial charge in [-0.1, -0.05) is 30.3 Å². The number of aliphatic hydroxyl groups is 1. The van der Waals surface area contributed by atoms with Crippen LogP contribution in [-0.2, 0) is 6.42 Å². The molecule has 0 aliphatic carbocycles. The Labute approximate surface area is 94.1 Å². The number of benzene rings is 1. The van der Waals surface area contributed by atoms with Gasteiger partial charge < -0.3 is 15.1 Å². The molecule has 1 aliphatic rings. The molecule has 2 rings (SSSR count). The smallest absolute Gasteiger partial charge is 0.407 e. The van der Waals surface area contributed by atoms with E-state index >= 15 is 0 Å². The second kappa shape index (κ2) is 4.53. The van der Waals surface area contributed by atoms with Crippen LogP contribution in [0.3, 0.4) is 0 Å². The molecule has 0 spiro atoms. The zero-order chi connectivity index (χ0) is 11.5. The molecule has 0 unspecified atom stereocenters. The van der Waals surface area contributed by atoms with Crippen LogP contribution in [0.4, 0.5) is 4.79 Å². The highest BCUT2D eigenvalue weighted by Crippen LogP contribution is 2.21. The predicted octanol–water partition coefficient (Wildman–Crippen LogP) is 1.34. The molecule has 1 heterocycles. The van der Waals surface area contributed by atoms with Gasteiger partial charge in [0.25, 0.3) is 0 Å². The number of carboxylic acid groups (broad SMARTS) is 1. The normalized spacial score (nSPS) is 24.7. The van der Waals surface area contributed by atoms with Crippen LogP contribution in [0.1, 0.15) is 12.0 Å². The summed E-state index contributed by atoms with van der Waals surface area (Å²) >= 11 is 0. The van der Waals surface area contributed by atoms with Crippen molar-refractivity contribution in [2.24, 2.45) is 0 Å². The number of hydrogen-bond acceptors (Lipinski definition) is 2. The number of amides is 1. The van der Waals surface area contributed by atoms with Crippen molar-refractivity contribution >= 4 is 6.09 Å². The molecule has 16 heavy (non-hydrogen) atoms. The van der Waals surface area contributed by atoms with E-state index in [1.54, 1.807) is 0 Å². The van der Waals surface area contributed by atoms with Gasteiger partial charge in [0.05, 0.1) is 12.1 Å². The lowest BCUT2D eigenvalue weighted by Gasteiger charge is -2.23. The molecule has 1 amide bonds. The van der Waals surface area contributed by atoms with Crippen molar-refractivity contribution in [3.63, 3.8) is 0 Å². The first kappa shape index (κ1) is 11.0. The van der Waals surface area contributed by atoms with Crippen molar-refractivity contribution in [3.8, 4) is 0 Å². The molecule has 4 nitrogen and oxygen atoms in total. The Balaban J connectivity index is 2.10. The maximum Gasteiger partial charge on any atom is 0.407 e. The second-order valence-corrected chi connectivity index (χ2v) is 4.09. The average Bonchev–Trinajstić information content (AvgIpc) is 2.62. The Morgan fingerprint density at radius 2 is 2.06 bits per heavy atom. The predicted molar refractivity (Wildman–Crippen MR) is 59.3 cm³/mol. The van der Waals surface area contributed by atoms with Gasteiger partial charge in [-0.2, -0.15) is 0 Å². The average molecular weight is 221 g/mol. The molecule has 1 saturated heterocycles. The number of nitrogens with zero attached hydrogens (tertiary/aromatic N) is 1. The summed E-state index contributed by atoms with van der Waals surface area (Å²) < 4.78 is 0. The van der Waals surface area contributed by atoms with E-state index in [9.17, 15) is 9.90 Å². The van der Waals surface area contributed by atoms with Gasteiger partial charge in [-0.05, 0) is 18.4 Å². The molecule has 2 N–H and O–H groups in total. The maximum atomic E-state index is 11.0. The minimum absolute atomic E-state index is 0.306. The van der Waals surface area contributed by atoms with Crippen molar-refractivity contribution in [2.45, 2.75) is 25.0 Å². The number of hydrogen-bond donors (Lipinski definition) is 2. The first-order valence-electron chi connectivity index (χ1n) is 5.40. The fourth-order valence-electron chi connectivity index (χ4n) is 2.18. The van der Waals surface area contributed by atoms with Gasteiger partial charge in [0.2, 0.25) is 0 Å². The van der Waals surface area contributed by atoms with Gasteiger partial charge in [-0.25, -0.2) is 4.79 Å². The van der Waals surface area contributed by atoms with Crippen LogP contribution in [0.2, 0.25) is 0 Å². The molecular formula is C12H15NO3. The Morgan fingerprint density at radius 3 is 2.69 bits per heavy atom. The summed E-state index contributed by atoms with van der Waals surface area (Å²) in [7, 11) is 0. The Bertz CT molecular complexity index is 366. The molecule has 0 aromatic heterocycles. The van der Waals surface area contributed by atoms with E-state index in [1.807, 2.05) is 30.3 Å². The number of rotatable bonds is 2. The fourth-order valence-corrected chi connectivity index (χ4v) is 2.18. The molecule has 1 aromatic rings. The summed E-state index contributed by atoms with van der Waals surface area (Å²) in [6, 6.07) is 9.35. The first-order chi connectivity index (χ1) is 7.68. The summed E-state index contributed by atoms with van der Waals surface area (Å²) in [6.45, 7) is 0.425. The van der Waals surface area contributed by atoms with E-state index in [0.717, 1.165) is 5.56 Å². The largest absolute Gasteiger partial charge is 0.465 e. The molecule has 4 heteroatoms. The van der Waals surface area contributed by atoms with Gasteiger partial charge in [0, 0.05) is 6.54 Å². The van der Waals surface area contributed by atoms with Crippen LogP contribution in [0, 0.1) is 0 Å². The summed E-state index contributed by atoms with van der Waals surface area (Å²) in [6.07, 6.45) is -0.383. The molecular weight excluding hydrogens is 206 g/mol. The topological polar surface area (TPSA) is 60.8 Å². The van der Waals surface area contributed by atoms with Crippen LogP contribution in [0.5, 0.6) is 0 Å². The minimum atomic E-state index is -0.947. The summed E-state index contributed by atoms with van der Waals surface area (Å²) in [5.41, 5.74) is 1.06. The fraction of sp³-hybridized carbons (Fsp3) is 0.417. The highest BCUT2D eigenvalue weighted by atomic mass is 16.4. The van der Waals surface area contributed by atoms with Crippen LogP contribution in [-0.4, -0.2) is 39.9 Å². The lowest BCUT2D eigenvalue weighted by molar-refractivity contribution is 0.100. The van der Waals surface area contributed by atoms with E-state index in [-0.39, 0.29) is 6.04 Å². The maximum absolute atomic E-state index is 11.0. The molecule has 0 bridgehead atoms. The van der Waals surface area contributed by atoms with Gasteiger partial charge in [0.15, 0.2) is 0 Å². The van der Waals surface area contributed by atoms with Crippen LogP contribution in [0.25, 0.3) is 0 Å². The third kappa shape index (κ3) is 2.17. The van der Waals surface area contributed by atoms with E-state index in [2.05, 4.69) is 0 Å². The highest BCUT2D eigenvalue weighted by molar-refractivity contribution is 5.66. The Kier molecular flexibility index (Phi) is 3.10. The van der Waals surface area contributed by atoms with Crippen LogP contribution >= 0.6 is 0 Å². The standard InChI is InChI=1S/C12H15NO3/c14-11-6-7-13(12(15)16)10(11)8-9-4-2-1-3-5-9/h1-5,10-11,14H,6-8H2,(H,15,16)/t10-,11+/m0/s1. The molecule has 1 aromatic carbocycles. The summed E-state index contributed by atoms with van der Waals surface area (Å²) in [5.74, 6) is 0. The van der Waals surface area contributed by atoms with Crippen LogP contribution in [0.15, 0.2) is 30.3 Å². The Morgan fingerprint density at radius 1 is 1.38 bits per heavy atom. The van der Waals surface area contributed by atoms with Gasteiger partial charge in [-0.3, -0.25) is 0 Å². The lowest BCUT2D eigenvalue weighted by atomic mass is 10.0. The van der Waals surface area contributed by atoms with Gasteiger partial charge >= 0.3 is 6.09 Å². The lowest BCUT2D eigenvalue weighted by Crippen LogP contribution is -2.40. The summed E-state index contributed by atoms with van der Waals surface area (Å²) in [5, 5.41) is 18.8. The summed E-state index contributed by atoms with van der Waals surface area (Å²) in [4.78, 5) is 12.3. The Hall–Kier alpha value is -1.55. The van der Waals surface area contributed by atoms with Crippen molar-refractivity contribution in [1.82, 2.24) is 4.90 Å². The van der Waals surface area contributed by atoms with E-state index in [0.29, 0.717) is 19.4 Å². The van der Waals surface area contributed by atoms with Gasteiger partial charge in [-0.15, -0.1) is 0 Å². The van der Waals surface area contributed by atoms with Crippen molar-refractivity contribution in [3.05, 3.63) is 35.9 Å². The van der Waals surface area contributed by atoms with Crippen molar-refractivity contribution < 1.29 is 15.0 Å². The zero-order valence-corrected chi connectivity index (χ0v) is 8.91. The zero-order valence-electron chi connectivity index (χ0n) is 8.91. The molecule has 1 aliphatic heterocycles. The van der Waals surface area contributed by atoms with Gasteiger partial charge in [0.1, 0.15) is 0 Å². The second-order valence-electron chi connectivity index (χ2n) is 4.09. The van der Waals surface area contributed by atoms with Crippen LogP contribution < -0.4 is 0 Å². The molecule has 1 fully saturated rings. The van der Waals surface area contributed by atoms with Crippen molar-refractivity contribution in [1.29, 1.82) is 0 Å². The number of likely N-dealkylation sites (tertiary alicyclic amines) is 1. The number of carbonyl (C=O) groups is 1. The van der Waals surface area contributed by atoms with E-state index < -0.39 is 12.2 Å². The molecule has 86 valence electrons. The first-order valence-corrected chi connectivity index (χ1v) is 5.40.